The number of hydrogen-bond donors (Lipinski definition) is 1. The Morgan fingerprint density at radius 2 is 1.21 bits per heavy atom. The Kier molecular flexibility index (Phi) is 10.9. The summed E-state index contributed by atoms with van der Waals surface area (Å²) in [7, 11) is 0. The SMILES string of the molecule is CC(C)(C)C(=O)Cl.Cc1ccccc1CC(=O)C(C)(C)C.Cc1ccccc1N. The number of nitrogen functional groups attached to an aromatic ring is 1. The molecule has 0 bridgehead atoms. The molecule has 0 saturated heterocycles. The van der Waals surface area contributed by atoms with Crippen LogP contribution in [0, 0.1) is 24.7 Å². The molecule has 0 aliphatic carbocycles. The van der Waals surface area contributed by atoms with Crippen molar-refractivity contribution in [3.8, 4) is 0 Å². The molecule has 0 unspecified atom stereocenters. The highest BCUT2D eigenvalue weighted by Gasteiger charge is 2.21. The molecule has 0 aliphatic heterocycles. The summed E-state index contributed by atoms with van der Waals surface area (Å²) in [6, 6.07) is 15.9. The summed E-state index contributed by atoms with van der Waals surface area (Å²) in [4.78, 5) is 22.0. The molecule has 0 fully saturated rings. The molecule has 160 valence electrons. The van der Waals surface area contributed by atoms with E-state index in [1.807, 2.05) is 83.1 Å². The molecule has 2 rings (SSSR count). The number of benzene rings is 2. The third kappa shape index (κ3) is 11.5. The van der Waals surface area contributed by atoms with Crippen LogP contribution in [0.25, 0.3) is 0 Å². The van der Waals surface area contributed by atoms with Gasteiger partial charge in [-0.1, -0.05) is 84.0 Å². The van der Waals surface area contributed by atoms with Crippen LogP contribution >= 0.6 is 11.6 Å². The van der Waals surface area contributed by atoms with Gasteiger partial charge in [0, 0.05) is 22.9 Å². The topological polar surface area (TPSA) is 60.2 Å². The number of anilines is 1. The summed E-state index contributed by atoms with van der Waals surface area (Å²) < 4.78 is 0. The van der Waals surface area contributed by atoms with Crippen LogP contribution in [0.2, 0.25) is 0 Å². The van der Waals surface area contributed by atoms with Crippen molar-refractivity contribution >= 4 is 28.3 Å². The quantitative estimate of drug-likeness (QED) is 0.446. The monoisotopic (exact) mass is 417 g/mol. The first-order chi connectivity index (χ1) is 13.2. The first kappa shape index (κ1) is 26.9. The molecule has 2 N–H and O–H groups in total. The highest BCUT2D eigenvalue weighted by Crippen LogP contribution is 2.19. The number of para-hydroxylation sites is 1. The van der Waals surface area contributed by atoms with Crippen molar-refractivity contribution in [2.24, 2.45) is 10.8 Å². The first-order valence-electron chi connectivity index (χ1n) is 9.75. The van der Waals surface area contributed by atoms with Gasteiger partial charge in [0.25, 0.3) is 0 Å². The molecule has 4 heteroatoms. The molecule has 0 amide bonds. The molecule has 0 aromatic heterocycles. The minimum absolute atomic E-state index is 0.234. The molecular formula is C25H36ClNO2. The highest BCUT2D eigenvalue weighted by atomic mass is 35.5. The number of carbonyl (C=O) groups is 2. The van der Waals surface area contributed by atoms with Crippen molar-refractivity contribution in [1.82, 2.24) is 0 Å². The van der Waals surface area contributed by atoms with Gasteiger partial charge in [0.05, 0.1) is 0 Å². The fourth-order valence-electron chi connectivity index (χ4n) is 1.83. The number of halogens is 1. The van der Waals surface area contributed by atoms with Gasteiger partial charge in [-0.05, 0) is 48.2 Å². The molecule has 3 nitrogen and oxygen atoms in total. The number of nitrogens with two attached hydrogens (primary N) is 1. The van der Waals surface area contributed by atoms with Gasteiger partial charge < -0.3 is 5.73 Å². The summed E-state index contributed by atoms with van der Waals surface area (Å²) in [5.41, 5.74) is 9.27. The summed E-state index contributed by atoms with van der Waals surface area (Å²) in [5.74, 6) is 0.298. The molecular weight excluding hydrogens is 382 g/mol. The Balaban J connectivity index is 0.000000444. The minimum atomic E-state index is -0.373. The zero-order chi connectivity index (χ0) is 22.8. The predicted octanol–water partition coefficient (Wildman–Crippen LogP) is 6.53. The van der Waals surface area contributed by atoms with E-state index in [0.717, 1.165) is 16.8 Å². The average molecular weight is 418 g/mol. The largest absolute Gasteiger partial charge is 0.399 e. The lowest BCUT2D eigenvalue weighted by Gasteiger charge is -2.17. The van der Waals surface area contributed by atoms with Crippen molar-refractivity contribution in [3.63, 3.8) is 0 Å². The van der Waals surface area contributed by atoms with Gasteiger partial charge in [-0.3, -0.25) is 9.59 Å². The summed E-state index contributed by atoms with van der Waals surface area (Å²) in [5, 5.41) is -0.285. The summed E-state index contributed by atoms with van der Waals surface area (Å²) >= 11 is 5.11. The maximum Gasteiger partial charge on any atom is 0.226 e. The van der Waals surface area contributed by atoms with Crippen LogP contribution in [0.5, 0.6) is 0 Å². The number of rotatable bonds is 2. The molecule has 0 atom stereocenters. The lowest BCUT2D eigenvalue weighted by atomic mass is 9.86. The Morgan fingerprint density at radius 3 is 1.52 bits per heavy atom. The van der Waals surface area contributed by atoms with Crippen LogP contribution in [0.15, 0.2) is 48.5 Å². The fraction of sp³-hybridized carbons (Fsp3) is 0.440. The number of ketones is 1. The normalized spacial score (nSPS) is 10.8. The summed E-state index contributed by atoms with van der Waals surface area (Å²) in [6.45, 7) is 15.3. The number of hydrogen-bond acceptors (Lipinski definition) is 3. The molecule has 0 aliphatic rings. The lowest BCUT2D eigenvalue weighted by molar-refractivity contribution is -0.125. The van der Waals surface area contributed by atoms with Crippen molar-refractivity contribution in [3.05, 3.63) is 65.2 Å². The maximum absolute atomic E-state index is 11.8. The Bertz CT molecular complexity index is 778. The Hall–Kier alpha value is -2.13. The van der Waals surface area contributed by atoms with E-state index in [-0.39, 0.29) is 16.1 Å². The molecule has 0 radical (unpaired) electrons. The van der Waals surface area contributed by atoms with E-state index in [0.29, 0.717) is 12.2 Å². The highest BCUT2D eigenvalue weighted by molar-refractivity contribution is 6.64. The second-order valence-electron chi connectivity index (χ2n) is 9.16. The fourth-order valence-corrected chi connectivity index (χ4v) is 1.83. The van der Waals surface area contributed by atoms with E-state index in [9.17, 15) is 9.59 Å². The molecule has 0 heterocycles. The summed E-state index contributed by atoms with van der Waals surface area (Å²) in [6.07, 6.45) is 0.552. The predicted molar refractivity (Wildman–Crippen MR) is 125 cm³/mol. The third-order valence-corrected chi connectivity index (χ3v) is 4.79. The van der Waals surface area contributed by atoms with Crippen LogP contribution in [0.1, 0.15) is 58.2 Å². The second kappa shape index (κ2) is 11.8. The van der Waals surface area contributed by atoms with Gasteiger partial charge in [0.1, 0.15) is 5.78 Å². The van der Waals surface area contributed by atoms with Crippen LogP contribution in [-0.2, 0) is 16.0 Å². The number of Topliss-reactive ketones (excluding diaryl/α,β-unsaturated/α-hetero) is 1. The van der Waals surface area contributed by atoms with Gasteiger partial charge in [-0.15, -0.1) is 0 Å². The van der Waals surface area contributed by atoms with E-state index in [1.165, 1.54) is 5.56 Å². The van der Waals surface area contributed by atoms with Crippen molar-refractivity contribution < 1.29 is 9.59 Å². The van der Waals surface area contributed by atoms with Crippen LogP contribution < -0.4 is 5.73 Å². The Morgan fingerprint density at radius 1 is 0.793 bits per heavy atom. The molecule has 0 spiro atoms. The zero-order valence-corrected chi connectivity index (χ0v) is 19.9. The van der Waals surface area contributed by atoms with E-state index < -0.39 is 0 Å². The van der Waals surface area contributed by atoms with Crippen molar-refractivity contribution in [2.45, 2.75) is 61.8 Å². The van der Waals surface area contributed by atoms with E-state index in [4.69, 9.17) is 17.3 Å². The molecule has 2 aromatic rings. The van der Waals surface area contributed by atoms with Gasteiger partial charge in [-0.2, -0.15) is 0 Å². The van der Waals surface area contributed by atoms with Crippen LogP contribution in [0.4, 0.5) is 5.69 Å². The zero-order valence-electron chi connectivity index (χ0n) is 19.1. The lowest BCUT2D eigenvalue weighted by Crippen LogP contribution is -2.22. The van der Waals surface area contributed by atoms with E-state index >= 15 is 0 Å². The maximum atomic E-state index is 11.8. The molecule has 29 heavy (non-hydrogen) atoms. The third-order valence-electron chi connectivity index (χ3n) is 4.23. The standard InChI is InChI=1S/C13H18O.C7H9N.C5H9ClO/c1-10-7-5-6-8-11(10)9-12(14)13(2,3)4;1-6-4-2-3-5-7(6)8;1-5(2,3)4(6)7/h5-8H,9H2,1-4H3;2-5H,8H2,1H3;1-3H3. The number of carbonyl (C=O) groups excluding carboxylic acids is 2. The van der Waals surface area contributed by atoms with Crippen molar-refractivity contribution in [1.29, 1.82) is 0 Å². The van der Waals surface area contributed by atoms with E-state index in [1.54, 1.807) is 20.8 Å². The van der Waals surface area contributed by atoms with Gasteiger partial charge >= 0.3 is 0 Å². The molecule has 2 aromatic carbocycles. The number of aryl methyl sites for hydroxylation is 2. The first-order valence-corrected chi connectivity index (χ1v) is 10.1. The van der Waals surface area contributed by atoms with Gasteiger partial charge in [0.15, 0.2) is 0 Å². The van der Waals surface area contributed by atoms with Gasteiger partial charge in [0.2, 0.25) is 5.24 Å². The average Bonchev–Trinajstić information content (AvgIpc) is 2.59. The van der Waals surface area contributed by atoms with E-state index in [2.05, 4.69) is 0 Å². The molecule has 0 saturated carbocycles. The smallest absolute Gasteiger partial charge is 0.226 e. The van der Waals surface area contributed by atoms with Gasteiger partial charge in [-0.25, -0.2) is 0 Å². The minimum Gasteiger partial charge on any atom is -0.399 e. The van der Waals surface area contributed by atoms with Crippen LogP contribution in [0.3, 0.4) is 0 Å². The van der Waals surface area contributed by atoms with Crippen molar-refractivity contribution in [2.75, 3.05) is 5.73 Å². The Labute approximate surface area is 181 Å². The van der Waals surface area contributed by atoms with Crippen LogP contribution in [-0.4, -0.2) is 11.0 Å². The second-order valence-corrected chi connectivity index (χ2v) is 9.50.